The molecular weight excluding hydrogens is 681 g/mol. The van der Waals surface area contributed by atoms with Gasteiger partial charge >= 0.3 is 0 Å². The van der Waals surface area contributed by atoms with Crippen molar-refractivity contribution in [2.75, 3.05) is 0 Å². The topological polar surface area (TPSA) is 43.6 Å². The van der Waals surface area contributed by atoms with Crippen LogP contribution >= 0.6 is 0 Å². The van der Waals surface area contributed by atoms with E-state index in [1.54, 1.807) is 0 Å². The van der Waals surface area contributed by atoms with E-state index in [0.29, 0.717) is 17.6 Å². The van der Waals surface area contributed by atoms with E-state index in [1.165, 1.54) is 33.4 Å². The molecule has 2 aromatic heterocycles. The first-order valence-electron chi connectivity index (χ1n) is 19.0. The van der Waals surface area contributed by atoms with E-state index in [-0.39, 0.29) is 0 Å². The minimum absolute atomic E-state index is 0.540. The Labute approximate surface area is 325 Å². The van der Waals surface area contributed by atoms with Gasteiger partial charge in [-0.3, -0.25) is 4.57 Å². The average Bonchev–Trinajstić information content (AvgIpc) is 3.78. The number of fused-ring (bicyclic) bond motifs is 7. The zero-order valence-electron chi connectivity index (χ0n) is 30.4. The highest BCUT2D eigenvalue weighted by atomic mass is 15.2. The van der Waals surface area contributed by atoms with Gasteiger partial charge in [0.2, 0.25) is 5.95 Å². The number of para-hydroxylation sites is 1. The highest BCUT2D eigenvalue weighted by Gasteiger charge is 2.47. The van der Waals surface area contributed by atoms with E-state index in [1.807, 2.05) is 24.3 Å². The van der Waals surface area contributed by atoms with Crippen LogP contribution in [-0.4, -0.2) is 19.5 Å². The van der Waals surface area contributed by atoms with E-state index in [4.69, 9.17) is 15.0 Å². The summed E-state index contributed by atoms with van der Waals surface area (Å²) in [7, 11) is 0. The zero-order valence-corrected chi connectivity index (χ0v) is 30.4. The maximum Gasteiger partial charge on any atom is 0.238 e. The summed E-state index contributed by atoms with van der Waals surface area (Å²) < 4.78 is 2.28. The van der Waals surface area contributed by atoms with Crippen LogP contribution in [0.15, 0.2) is 206 Å². The molecule has 262 valence electrons. The Morgan fingerprint density at radius 1 is 0.375 bits per heavy atom. The third-order valence-corrected chi connectivity index (χ3v) is 11.3. The number of hydrogen-bond donors (Lipinski definition) is 0. The molecule has 1 aliphatic rings. The summed E-state index contributed by atoms with van der Waals surface area (Å²) in [6, 6.07) is 73.3. The van der Waals surface area contributed by atoms with Crippen LogP contribution in [-0.2, 0) is 5.41 Å². The van der Waals surface area contributed by atoms with Gasteiger partial charge in [-0.2, -0.15) is 9.97 Å². The molecule has 0 radical (unpaired) electrons. The van der Waals surface area contributed by atoms with Crippen LogP contribution in [0.4, 0.5) is 0 Å². The lowest BCUT2D eigenvalue weighted by Crippen LogP contribution is -2.28. The Bertz CT molecular complexity index is 3020. The van der Waals surface area contributed by atoms with Crippen molar-refractivity contribution < 1.29 is 0 Å². The Hall–Kier alpha value is -7.43. The first-order chi connectivity index (χ1) is 27.8. The van der Waals surface area contributed by atoms with E-state index in [0.717, 1.165) is 44.1 Å². The molecule has 10 aromatic rings. The van der Waals surface area contributed by atoms with E-state index < -0.39 is 5.41 Å². The molecule has 4 heteroatoms. The summed E-state index contributed by atoms with van der Waals surface area (Å²) in [5.74, 6) is 1.82. The lowest BCUT2D eigenvalue weighted by molar-refractivity contribution is 0.769. The summed E-state index contributed by atoms with van der Waals surface area (Å²) in [5, 5.41) is 2.30. The highest BCUT2D eigenvalue weighted by molar-refractivity contribution is 6.16. The number of hydrogen-bond acceptors (Lipinski definition) is 3. The van der Waals surface area contributed by atoms with Gasteiger partial charge in [0.05, 0.1) is 16.4 Å². The minimum Gasteiger partial charge on any atom is -0.277 e. The number of nitrogens with zero attached hydrogens (tertiary/aromatic N) is 4. The summed E-state index contributed by atoms with van der Waals surface area (Å²) >= 11 is 0. The molecule has 0 unspecified atom stereocenters. The molecule has 0 N–H and O–H groups in total. The van der Waals surface area contributed by atoms with Crippen LogP contribution in [0, 0.1) is 0 Å². The molecule has 4 nitrogen and oxygen atoms in total. The molecule has 0 saturated heterocycles. The second-order valence-electron chi connectivity index (χ2n) is 14.4. The van der Waals surface area contributed by atoms with Crippen LogP contribution < -0.4 is 0 Å². The molecule has 0 bridgehead atoms. The maximum absolute atomic E-state index is 5.38. The lowest BCUT2D eigenvalue weighted by atomic mass is 9.67. The van der Waals surface area contributed by atoms with Crippen LogP contribution in [0.2, 0.25) is 0 Å². The predicted molar refractivity (Wildman–Crippen MR) is 228 cm³/mol. The second kappa shape index (κ2) is 12.9. The first kappa shape index (κ1) is 32.0. The SMILES string of the molecule is c1ccc(-c2cccc(-c3nc(-c4ccccc4)nc(-n4c5ccccc5c5ccc6c(c54)-c4ccccc4C6(c4ccccc4)c4ccccc4)n3)c2)cc1. The normalized spacial score (nSPS) is 12.8. The van der Waals surface area contributed by atoms with E-state index in [2.05, 4.69) is 187 Å². The van der Waals surface area contributed by atoms with Gasteiger partial charge < -0.3 is 0 Å². The fourth-order valence-corrected chi connectivity index (χ4v) is 8.97. The molecular formula is C52H34N4. The van der Waals surface area contributed by atoms with Gasteiger partial charge in [-0.05, 0) is 51.1 Å². The van der Waals surface area contributed by atoms with Crippen LogP contribution in [0.25, 0.3) is 72.8 Å². The number of benzene rings is 8. The molecule has 0 atom stereocenters. The summed E-state index contributed by atoms with van der Waals surface area (Å²) in [6.07, 6.45) is 0. The molecule has 0 amide bonds. The Morgan fingerprint density at radius 3 is 1.64 bits per heavy atom. The smallest absolute Gasteiger partial charge is 0.238 e. The number of rotatable bonds is 6. The summed E-state index contributed by atoms with van der Waals surface area (Å²) in [4.78, 5) is 15.9. The third-order valence-electron chi connectivity index (χ3n) is 11.3. The third kappa shape index (κ3) is 4.83. The zero-order chi connectivity index (χ0) is 37.1. The largest absolute Gasteiger partial charge is 0.277 e. The molecule has 2 heterocycles. The van der Waals surface area contributed by atoms with Gasteiger partial charge in [0.1, 0.15) is 0 Å². The molecule has 11 rings (SSSR count). The first-order valence-corrected chi connectivity index (χ1v) is 19.0. The summed E-state index contributed by atoms with van der Waals surface area (Å²) in [5.41, 5.74) is 13.0. The standard InChI is InChI=1S/C52H34N4/c1-5-18-35(19-6-1)37-22-17-23-38(34-37)50-53-49(36-20-7-2-8-21-36)54-51(55-50)56-46-31-16-14-28-41(46)42-32-33-45-47(48(42)56)43-29-13-15-30-44(43)52(45,39-24-9-3-10-25-39)40-26-11-4-12-27-40/h1-34H. The van der Waals surface area contributed by atoms with Crippen molar-refractivity contribution in [3.8, 4) is 51.0 Å². The van der Waals surface area contributed by atoms with Crippen molar-refractivity contribution >= 4 is 21.8 Å². The van der Waals surface area contributed by atoms with Crippen LogP contribution in [0.3, 0.4) is 0 Å². The highest BCUT2D eigenvalue weighted by Crippen LogP contribution is 2.58. The van der Waals surface area contributed by atoms with Crippen molar-refractivity contribution in [3.63, 3.8) is 0 Å². The fraction of sp³-hybridized carbons (Fsp3) is 0.0192. The molecule has 0 saturated carbocycles. The van der Waals surface area contributed by atoms with E-state index >= 15 is 0 Å². The Morgan fingerprint density at radius 2 is 0.929 bits per heavy atom. The average molecular weight is 715 g/mol. The van der Waals surface area contributed by atoms with Crippen molar-refractivity contribution in [2.45, 2.75) is 5.41 Å². The van der Waals surface area contributed by atoms with Gasteiger partial charge in [-0.15, -0.1) is 0 Å². The van der Waals surface area contributed by atoms with Crippen LogP contribution in [0.5, 0.6) is 0 Å². The van der Waals surface area contributed by atoms with Gasteiger partial charge in [-0.1, -0.05) is 194 Å². The molecule has 56 heavy (non-hydrogen) atoms. The molecule has 0 aliphatic heterocycles. The molecule has 1 aliphatic carbocycles. The van der Waals surface area contributed by atoms with Gasteiger partial charge in [-0.25, -0.2) is 4.98 Å². The maximum atomic E-state index is 5.38. The molecule has 0 fully saturated rings. The molecule has 0 spiro atoms. The fourth-order valence-electron chi connectivity index (χ4n) is 8.97. The van der Waals surface area contributed by atoms with Crippen molar-refractivity contribution in [2.24, 2.45) is 0 Å². The Kier molecular flexibility index (Phi) is 7.36. The second-order valence-corrected chi connectivity index (χ2v) is 14.4. The predicted octanol–water partition coefficient (Wildman–Crippen LogP) is 12.3. The van der Waals surface area contributed by atoms with Crippen molar-refractivity contribution in [3.05, 3.63) is 229 Å². The summed E-state index contributed by atoms with van der Waals surface area (Å²) in [6.45, 7) is 0. The van der Waals surface area contributed by atoms with E-state index in [9.17, 15) is 0 Å². The minimum atomic E-state index is -0.540. The van der Waals surface area contributed by atoms with Gasteiger partial charge in [0, 0.05) is 27.5 Å². The number of aromatic nitrogens is 4. The monoisotopic (exact) mass is 714 g/mol. The van der Waals surface area contributed by atoms with Gasteiger partial charge in [0.25, 0.3) is 0 Å². The van der Waals surface area contributed by atoms with Crippen molar-refractivity contribution in [1.82, 2.24) is 19.5 Å². The quantitative estimate of drug-likeness (QED) is 0.172. The molecule has 8 aromatic carbocycles. The van der Waals surface area contributed by atoms with Crippen LogP contribution in [0.1, 0.15) is 22.3 Å². The van der Waals surface area contributed by atoms with Crippen molar-refractivity contribution in [1.29, 1.82) is 0 Å². The van der Waals surface area contributed by atoms with Gasteiger partial charge in [0.15, 0.2) is 11.6 Å². The lowest BCUT2D eigenvalue weighted by Gasteiger charge is -2.33. The Balaban J connectivity index is 1.25.